The lowest BCUT2D eigenvalue weighted by Gasteiger charge is -2.22. The molecule has 1 heteroatoms. The topological polar surface area (TPSA) is 0 Å². The monoisotopic (exact) mass is 180 g/mol. The summed E-state index contributed by atoms with van der Waals surface area (Å²) in [6, 6.07) is 6.27. The van der Waals surface area contributed by atoms with Crippen LogP contribution in [-0.4, -0.2) is 0 Å². The molecule has 1 aromatic rings. The van der Waals surface area contributed by atoms with Crippen LogP contribution in [0, 0.1) is 0 Å². The van der Waals surface area contributed by atoms with Crippen LogP contribution in [-0.2, 0) is 6.42 Å². The molecule has 1 unspecified atom stereocenters. The molecule has 0 saturated heterocycles. The van der Waals surface area contributed by atoms with Crippen LogP contribution < -0.4 is 0 Å². The quantitative estimate of drug-likeness (QED) is 0.570. The van der Waals surface area contributed by atoms with E-state index in [4.69, 9.17) is 11.6 Å². The third-order valence-electron chi connectivity index (χ3n) is 2.75. The van der Waals surface area contributed by atoms with Gasteiger partial charge in [-0.15, -0.1) is 0 Å². The normalized spacial score (nSPS) is 22.0. The average Bonchev–Trinajstić information content (AvgIpc) is 2.07. The van der Waals surface area contributed by atoms with Crippen LogP contribution in [0.3, 0.4) is 0 Å². The van der Waals surface area contributed by atoms with Crippen LogP contribution in [0.15, 0.2) is 18.2 Å². The molecule has 64 valence electrons. The molecule has 1 atom stereocenters. The first-order chi connectivity index (χ1) is 5.79. The van der Waals surface area contributed by atoms with Gasteiger partial charge in [-0.1, -0.05) is 30.7 Å². The van der Waals surface area contributed by atoms with E-state index in [0.29, 0.717) is 5.92 Å². The Kier molecular flexibility index (Phi) is 2.10. The van der Waals surface area contributed by atoms with Crippen LogP contribution >= 0.6 is 11.6 Å². The van der Waals surface area contributed by atoms with E-state index in [1.165, 1.54) is 30.4 Å². The van der Waals surface area contributed by atoms with E-state index in [9.17, 15) is 0 Å². The van der Waals surface area contributed by atoms with E-state index < -0.39 is 0 Å². The molecule has 0 amide bonds. The molecule has 1 aliphatic rings. The van der Waals surface area contributed by atoms with Crippen molar-refractivity contribution in [2.75, 3.05) is 0 Å². The van der Waals surface area contributed by atoms with Gasteiger partial charge < -0.3 is 0 Å². The summed E-state index contributed by atoms with van der Waals surface area (Å²) < 4.78 is 0. The van der Waals surface area contributed by atoms with Crippen molar-refractivity contribution in [1.82, 2.24) is 0 Å². The van der Waals surface area contributed by atoms with E-state index in [1.807, 2.05) is 6.07 Å². The standard InChI is InChI=1S/C11H13Cl/c1-8-4-2-6-10-9(8)5-3-7-11(10)12/h3,5,7-8H,2,4,6H2,1H3. The molecule has 0 radical (unpaired) electrons. The Hall–Kier alpha value is -0.490. The van der Waals surface area contributed by atoms with Gasteiger partial charge in [-0.2, -0.15) is 0 Å². The Morgan fingerprint density at radius 3 is 3.00 bits per heavy atom. The maximum absolute atomic E-state index is 6.11. The SMILES string of the molecule is CC1CCCc2c(Cl)cccc21. The molecule has 0 aromatic heterocycles. The lowest BCUT2D eigenvalue weighted by atomic mass is 9.84. The fourth-order valence-corrected chi connectivity index (χ4v) is 2.32. The summed E-state index contributed by atoms with van der Waals surface area (Å²) in [5, 5.41) is 0.957. The zero-order chi connectivity index (χ0) is 8.55. The zero-order valence-corrected chi connectivity index (χ0v) is 8.06. The summed E-state index contributed by atoms with van der Waals surface area (Å²) in [4.78, 5) is 0. The summed E-state index contributed by atoms with van der Waals surface area (Å²) in [5.74, 6) is 0.701. The highest BCUT2D eigenvalue weighted by Crippen LogP contribution is 2.34. The van der Waals surface area contributed by atoms with Gasteiger partial charge in [0.25, 0.3) is 0 Å². The van der Waals surface area contributed by atoms with Gasteiger partial charge in [0.2, 0.25) is 0 Å². The fraction of sp³-hybridized carbons (Fsp3) is 0.455. The molecular weight excluding hydrogens is 168 g/mol. The molecule has 1 aromatic carbocycles. The molecule has 0 spiro atoms. The maximum atomic E-state index is 6.11. The molecule has 12 heavy (non-hydrogen) atoms. The number of hydrogen-bond acceptors (Lipinski definition) is 0. The predicted molar refractivity (Wildman–Crippen MR) is 52.8 cm³/mol. The first-order valence-electron chi connectivity index (χ1n) is 4.56. The Balaban J connectivity index is 2.52. The summed E-state index contributed by atoms with van der Waals surface area (Å²) in [6.45, 7) is 2.29. The molecular formula is C11H13Cl. The highest BCUT2D eigenvalue weighted by molar-refractivity contribution is 6.31. The minimum atomic E-state index is 0.701. The Morgan fingerprint density at radius 1 is 1.42 bits per heavy atom. The van der Waals surface area contributed by atoms with Gasteiger partial charge in [0.15, 0.2) is 0 Å². The third-order valence-corrected chi connectivity index (χ3v) is 3.10. The van der Waals surface area contributed by atoms with Gasteiger partial charge in [0.05, 0.1) is 0 Å². The van der Waals surface area contributed by atoms with Gasteiger partial charge in [-0.05, 0) is 42.4 Å². The maximum Gasteiger partial charge on any atom is 0.0440 e. The highest BCUT2D eigenvalue weighted by atomic mass is 35.5. The van der Waals surface area contributed by atoms with Crippen molar-refractivity contribution in [2.24, 2.45) is 0 Å². The first kappa shape index (κ1) is 8.12. The first-order valence-corrected chi connectivity index (χ1v) is 4.94. The Labute approximate surface area is 78.6 Å². The third kappa shape index (κ3) is 1.25. The fourth-order valence-electron chi connectivity index (χ4n) is 2.04. The predicted octanol–water partition coefficient (Wildman–Crippen LogP) is 3.78. The second-order valence-corrected chi connectivity index (χ2v) is 4.01. The molecule has 0 aliphatic heterocycles. The van der Waals surface area contributed by atoms with Crippen LogP contribution in [0.4, 0.5) is 0 Å². The smallest absolute Gasteiger partial charge is 0.0440 e. The van der Waals surface area contributed by atoms with Crippen molar-refractivity contribution in [1.29, 1.82) is 0 Å². The lowest BCUT2D eigenvalue weighted by molar-refractivity contribution is 0.590. The van der Waals surface area contributed by atoms with E-state index in [1.54, 1.807) is 0 Å². The second-order valence-electron chi connectivity index (χ2n) is 3.60. The second kappa shape index (κ2) is 3.10. The van der Waals surface area contributed by atoms with Crippen LogP contribution in [0.2, 0.25) is 5.02 Å². The van der Waals surface area contributed by atoms with E-state index in [-0.39, 0.29) is 0 Å². The van der Waals surface area contributed by atoms with Crippen molar-refractivity contribution in [3.05, 3.63) is 34.3 Å². The Morgan fingerprint density at radius 2 is 2.25 bits per heavy atom. The zero-order valence-electron chi connectivity index (χ0n) is 7.31. The van der Waals surface area contributed by atoms with Crippen LogP contribution in [0.5, 0.6) is 0 Å². The van der Waals surface area contributed by atoms with Gasteiger partial charge in [0.1, 0.15) is 0 Å². The summed E-state index contributed by atoms with van der Waals surface area (Å²) in [6.07, 6.45) is 3.77. The summed E-state index contributed by atoms with van der Waals surface area (Å²) in [5.41, 5.74) is 2.85. The van der Waals surface area contributed by atoms with Crippen molar-refractivity contribution in [3.8, 4) is 0 Å². The number of rotatable bonds is 0. The molecule has 0 saturated carbocycles. The number of fused-ring (bicyclic) bond motifs is 1. The molecule has 2 rings (SSSR count). The lowest BCUT2D eigenvalue weighted by Crippen LogP contribution is -2.06. The number of benzene rings is 1. The largest absolute Gasteiger partial charge is 0.0840 e. The van der Waals surface area contributed by atoms with Crippen molar-refractivity contribution in [2.45, 2.75) is 32.1 Å². The molecule has 0 nitrogen and oxygen atoms in total. The minimum Gasteiger partial charge on any atom is -0.0840 e. The van der Waals surface area contributed by atoms with E-state index in [0.717, 1.165) is 5.02 Å². The van der Waals surface area contributed by atoms with Crippen molar-refractivity contribution < 1.29 is 0 Å². The molecule has 0 heterocycles. The average molecular weight is 181 g/mol. The van der Waals surface area contributed by atoms with Crippen molar-refractivity contribution in [3.63, 3.8) is 0 Å². The van der Waals surface area contributed by atoms with Crippen molar-refractivity contribution >= 4 is 11.6 Å². The van der Waals surface area contributed by atoms with Gasteiger partial charge >= 0.3 is 0 Å². The molecule has 1 aliphatic carbocycles. The van der Waals surface area contributed by atoms with E-state index in [2.05, 4.69) is 19.1 Å². The van der Waals surface area contributed by atoms with E-state index >= 15 is 0 Å². The summed E-state index contributed by atoms with van der Waals surface area (Å²) in [7, 11) is 0. The van der Waals surface area contributed by atoms with Crippen LogP contribution in [0.1, 0.15) is 36.8 Å². The minimum absolute atomic E-state index is 0.701. The van der Waals surface area contributed by atoms with Gasteiger partial charge in [0, 0.05) is 5.02 Å². The van der Waals surface area contributed by atoms with Crippen LogP contribution in [0.25, 0.3) is 0 Å². The summed E-state index contributed by atoms with van der Waals surface area (Å²) >= 11 is 6.11. The number of halogens is 1. The molecule has 0 N–H and O–H groups in total. The molecule has 0 fully saturated rings. The molecule has 0 bridgehead atoms. The van der Waals surface area contributed by atoms with Gasteiger partial charge in [-0.3, -0.25) is 0 Å². The Bertz CT molecular complexity index is 291. The number of hydrogen-bond donors (Lipinski definition) is 0. The highest BCUT2D eigenvalue weighted by Gasteiger charge is 2.17. The van der Waals surface area contributed by atoms with Gasteiger partial charge in [-0.25, -0.2) is 0 Å².